The van der Waals surface area contributed by atoms with Gasteiger partial charge in [0.15, 0.2) is 0 Å². The molecule has 0 aliphatic carbocycles. The second-order valence-corrected chi connectivity index (χ2v) is 8.82. The van der Waals surface area contributed by atoms with Crippen molar-refractivity contribution in [2.45, 2.75) is 38.8 Å². The van der Waals surface area contributed by atoms with E-state index in [-0.39, 0.29) is 30.6 Å². The molecule has 1 atom stereocenters. The topological polar surface area (TPSA) is 120 Å². The minimum Gasteiger partial charge on any atom is -0.489 e. The predicted molar refractivity (Wildman–Crippen MR) is 130 cm³/mol. The second-order valence-electron chi connectivity index (χ2n) is 8.82. The molecule has 2 aromatic carbocycles. The van der Waals surface area contributed by atoms with Gasteiger partial charge in [0.05, 0.1) is 5.69 Å². The number of aliphatic hydroxyl groups is 1. The zero-order valence-electron chi connectivity index (χ0n) is 20.1. The molecule has 36 heavy (non-hydrogen) atoms. The van der Waals surface area contributed by atoms with Crippen LogP contribution < -0.4 is 15.0 Å². The number of anilines is 1. The van der Waals surface area contributed by atoms with Crippen LogP contribution in [0.3, 0.4) is 0 Å². The molecular formula is C26H26FN5O4. The van der Waals surface area contributed by atoms with Crippen LogP contribution in [-0.4, -0.2) is 56.9 Å². The van der Waals surface area contributed by atoms with E-state index in [0.29, 0.717) is 34.9 Å². The van der Waals surface area contributed by atoms with Crippen molar-refractivity contribution in [1.29, 1.82) is 0 Å². The van der Waals surface area contributed by atoms with Gasteiger partial charge in [0.1, 0.15) is 35.6 Å². The van der Waals surface area contributed by atoms with Gasteiger partial charge in [-0.2, -0.15) is 0 Å². The normalized spacial score (nSPS) is 15.3. The molecule has 0 fully saturated rings. The van der Waals surface area contributed by atoms with E-state index in [1.165, 1.54) is 17.0 Å². The molecule has 9 nitrogen and oxygen atoms in total. The molecule has 1 aliphatic rings. The van der Waals surface area contributed by atoms with Crippen LogP contribution in [0, 0.1) is 17.7 Å². The third kappa shape index (κ3) is 5.87. The average molecular weight is 492 g/mol. The first-order valence-electron chi connectivity index (χ1n) is 11.4. The molecule has 0 bridgehead atoms. The number of amides is 2. The molecule has 2 amide bonds. The number of fused-ring (bicyclic) bond motifs is 1. The van der Waals surface area contributed by atoms with Crippen LogP contribution in [0.1, 0.15) is 48.3 Å². The first-order valence-corrected chi connectivity index (χ1v) is 11.4. The highest BCUT2D eigenvalue weighted by Crippen LogP contribution is 2.32. The first kappa shape index (κ1) is 24.9. The molecule has 0 saturated heterocycles. The summed E-state index contributed by atoms with van der Waals surface area (Å²) in [5.74, 6) is 5.01. The van der Waals surface area contributed by atoms with E-state index >= 15 is 0 Å². The SMILES string of the molecule is CCN1C(=O)[C@@H](NC(=O)c2n[nH]c(Cc3cccc(F)c3)n2)COc2ccc(C#CC(C)(C)O)cc21. The average Bonchev–Trinajstić information content (AvgIpc) is 3.24. The molecule has 0 spiro atoms. The number of halogens is 1. The van der Waals surface area contributed by atoms with Crippen LogP contribution in [0.2, 0.25) is 0 Å². The number of rotatable bonds is 5. The Labute approximate surface area is 207 Å². The van der Waals surface area contributed by atoms with Crippen molar-refractivity contribution in [2.24, 2.45) is 0 Å². The van der Waals surface area contributed by atoms with Gasteiger partial charge in [0.2, 0.25) is 5.82 Å². The number of hydrogen-bond acceptors (Lipinski definition) is 6. The van der Waals surface area contributed by atoms with Gasteiger partial charge in [-0.15, -0.1) is 5.10 Å². The first-order chi connectivity index (χ1) is 17.1. The number of carbonyl (C=O) groups is 2. The molecule has 0 saturated carbocycles. The molecule has 0 unspecified atom stereocenters. The van der Waals surface area contributed by atoms with Gasteiger partial charge in [-0.1, -0.05) is 24.0 Å². The third-order valence-corrected chi connectivity index (χ3v) is 5.35. The van der Waals surface area contributed by atoms with E-state index < -0.39 is 17.6 Å². The molecule has 186 valence electrons. The molecular weight excluding hydrogens is 465 g/mol. The number of aromatic amines is 1. The zero-order valence-corrected chi connectivity index (χ0v) is 20.1. The lowest BCUT2D eigenvalue weighted by Gasteiger charge is -2.23. The molecule has 1 aliphatic heterocycles. The lowest BCUT2D eigenvalue weighted by atomic mass is 10.1. The van der Waals surface area contributed by atoms with E-state index in [1.807, 2.05) is 6.92 Å². The Morgan fingerprint density at radius 1 is 1.33 bits per heavy atom. The smallest absolute Gasteiger partial charge is 0.291 e. The van der Waals surface area contributed by atoms with Crippen molar-refractivity contribution >= 4 is 17.5 Å². The highest BCUT2D eigenvalue weighted by molar-refractivity contribution is 6.02. The number of nitrogens with one attached hydrogen (secondary N) is 2. The van der Waals surface area contributed by atoms with Gasteiger partial charge in [-0.25, -0.2) is 9.37 Å². The largest absolute Gasteiger partial charge is 0.489 e. The predicted octanol–water partition coefficient (Wildman–Crippen LogP) is 2.20. The highest BCUT2D eigenvalue weighted by atomic mass is 19.1. The Kier molecular flexibility index (Phi) is 7.03. The summed E-state index contributed by atoms with van der Waals surface area (Å²) in [6.45, 7) is 5.24. The molecule has 4 rings (SSSR count). The maximum absolute atomic E-state index is 13.4. The number of carbonyl (C=O) groups excluding carboxylic acids is 2. The van der Waals surface area contributed by atoms with Gasteiger partial charge in [0.25, 0.3) is 11.8 Å². The fourth-order valence-electron chi connectivity index (χ4n) is 3.67. The number of benzene rings is 2. The molecule has 1 aromatic heterocycles. The van der Waals surface area contributed by atoms with Crippen LogP contribution in [0.5, 0.6) is 5.75 Å². The quantitative estimate of drug-likeness (QED) is 0.471. The maximum Gasteiger partial charge on any atom is 0.291 e. The summed E-state index contributed by atoms with van der Waals surface area (Å²) >= 11 is 0. The standard InChI is InChI=1S/C26H26FN5O4/c1-4-32-20-13-16(10-11-26(2,3)35)8-9-21(20)36-15-19(25(32)34)28-24(33)23-29-22(30-31-23)14-17-6-5-7-18(27)12-17/h5-9,12-13,19,35H,4,14-15H2,1-3H3,(H,28,33)(H,29,30,31)/t19-/m0/s1. The monoisotopic (exact) mass is 491 g/mol. The van der Waals surface area contributed by atoms with E-state index in [4.69, 9.17) is 4.74 Å². The van der Waals surface area contributed by atoms with Crippen molar-refractivity contribution in [3.63, 3.8) is 0 Å². The summed E-state index contributed by atoms with van der Waals surface area (Å²) in [4.78, 5) is 31.8. The van der Waals surface area contributed by atoms with Crippen molar-refractivity contribution in [2.75, 3.05) is 18.1 Å². The van der Waals surface area contributed by atoms with Gasteiger partial charge < -0.3 is 20.1 Å². The van der Waals surface area contributed by atoms with Crippen LogP contribution in [0.4, 0.5) is 10.1 Å². The van der Waals surface area contributed by atoms with E-state index in [0.717, 1.165) is 0 Å². The van der Waals surface area contributed by atoms with Gasteiger partial charge in [-0.3, -0.25) is 14.7 Å². The molecule has 0 radical (unpaired) electrons. The van der Waals surface area contributed by atoms with Crippen LogP contribution in [-0.2, 0) is 11.2 Å². The van der Waals surface area contributed by atoms with Crippen molar-refractivity contribution in [1.82, 2.24) is 20.5 Å². The van der Waals surface area contributed by atoms with E-state index in [1.54, 1.807) is 44.2 Å². The second kappa shape index (κ2) is 10.2. The molecule has 2 heterocycles. The Hall–Kier alpha value is -4.23. The fourth-order valence-corrected chi connectivity index (χ4v) is 3.67. The van der Waals surface area contributed by atoms with Crippen molar-refractivity contribution in [3.05, 3.63) is 71.1 Å². The number of ether oxygens (including phenoxy) is 1. The number of H-pyrrole nitrogens is 1. The summed E-state index contributed by atoms with van der Waals surface area (Å²) < 4.78 is 19.3. The maximum atomic E-state index is 13.4. The van der Waals surface area contributed by atoms with E-state index in [2.05, 4.69) is 32.3 Å². The van der Waals surface area contributed by atoms with E-state index in [9.17, 15) is 19.1 Å². The lowest BCUT2D eigenvalue weighted by Crippen LogP contribution is -2.50. The van der Waals surface area contributed by atoms with Crippen molar-refractivity contribution in [3.8, 4) is 17.6 Å². The Morgan fingerprint density at radius 2 is 2.14 bits per heavy atom. The van der Waals surface area contributed by atoms with Gasteiger partial charge in [0, 0.05) is 18.5 Å². The van der Waals surface area contributed by atoms with Gasteiger partial charge in [-0.05, 0) is 56.7 Å². The highest BCUT2D eigenvalue weighted by Gasteiger charge is 2.33. The molecule has 3 aromatic rings. The number of hydrogen-bond donors (Lipinski definition) is 3. The minimum atomic E-state index is -1.16. The summed E-state index contributed by atoms with van der Waals surface area (Å²) in [6, 6.07) is 10.2. The fraction of sp³-hybridized carbons (Fsp3) is 0.308. The van der Waals surface area contributed by atoms with Crippen molar-refractivity contribution < 1.29 is 23.8 Å². The van der Waals surface area contributed by atoms with Crippen LogP contribution in [0.25, 0.3) is 0 Å². The summed E-state index contributed by atoms with van der Waals surface area (Å²) in [5, 5.41) is 19.1. The van der Waals surface area contributed by atoms with Crippen LogP contribution >= 0.6 is 0 Å². The minimum absolute atomic E-state index is 0.0800. The Bertz CT molecular complexity index is 1350. The Balaban J connectivity index is 1.49. The molecule has 3 N–H and O–H groups in total. The lowest BCUT2D eigenvalue weighted by molar-refractivity contribution is -0.120. The number of aromatic nitrogens is 3. The third-order valence-electron chi connectivity index (χ3n) is 5.35. The Morgan fingerprint density at radius 3 is 2.86 bits per heavy atom. The summed E-state index contributed by atoms with van der Waals surface area (Å²) in [5.41, 5.74) is 0.654. The number of likely N-dealkylation sites (N-methyl/N-ethyl adjacent to an activating group) is 1. The number of nitrogens with zero attached hydrogens (tertiary/aromatic N) is 3. The summed E-state index contributed by atoms with van der Waals surface area (Å²) in [7, 11) is 0. The van der Waals surface area contributed by atoms with Gasteiger partial charge >= 0.3 is 0 Å². The summed E-state index contributed by atoms with van der Waals surface area (Å²) in [6.07, 6.45) is 0.265. The zero-order chi connectivity index (χ0) is 25.9. The molecule has 10 heteroatoms. The van der Waals surface area contributed by atoms with Crippen LogP contribution in [0.15, 0.2) is 42.5 Å².